The van der Waals surface area contributed by atoms with Crippen molar-refractivity contribution >= 4 is 23.3 Å². The molecule has 0 spiro atoms. The number of aryl methyl sites for hydroxylation is 1. The van der Waals surface area contributed by atoms with Crippen LogP contribution in [0, 0.1) is 12.8 Å². The quantitative estimate of drug-likeness (QED) is 0.801. The number of rotatable bonds is 5. The monoisotopic (exact) mass is 394 g/mol. The molecule has 0 bridgehead atoms. The number of anilines is 1. The van der Waals surface area contributed by atoms with Crippen molar-refractivity contribution in [3.63, 3.8) is 0 Å². The van der Waals surface area contributed by atoms with Crippen LogP contribution in [0.25, 0.3) is 0 Å². The van der Waals surface area contributed by atoms with Crippen molar-refractivity contribution in [2.75, 3.05) is 44.7 Å². The van der Waals surface area contributed by atoms with Crippen LogP contribution >= 0.6 is 11.6 Å². The van der Waals surface area contributed by atoms with Gasteiger partial charge in [0.25, 0.3) is 0 Å². The molecule has 0 radical (unpaired) electrons. The Morgan fingerprint density at radius 3 is 2.59 bits per heavy atom. The number of halogens is 1. The highest BCUT2D eigenvalue weighted by atomic mass is 35.5. The van der Waals surface area contributed by atoms with Crippen molar-refractivity contribution in [1.29, 1.82) is 0 Å². The van der Waals surface area contributed by atoms with Crippen LogP contribution in [0.1, 0.15) is 40.4 Å². The Morgan fingerprint density at radius 1 is 1.22 bits per heavy atom. The predicted octanol–water partition coefficient (Wildman–Crippen LogP) is 3.65. The minimum Gasteiger partial charge on any atom is -0.368 e. The first-order valence-electron chi connectivity index (χ1n) is 11.0. The number of carbonyl (C=O) groups excluding carboxylic acids is 1. The van der Waals surface area contributed by atoms with Crippen molar-refractivity contribution in [2.45, 2.75) is 45.0 Å². The van der Waals surface area contributed by atoms with Gasteiger partial charge >= 0.3 is 6.03 Å². The van der Waals surface area contributed by atoms with Gasteiger partial charge in [-0.2, -0.15) is 0 Å². The maximum Gasteiger partial charge on any atom is 0.314 e. The molecule has 1 aliphatic heterocycles. The Bertz CT molecular complexity index is 702. The molecule has 0 aromatic heterocycles. The van der Waals surface area contributed by atoms with Crippen molar-refractivity contribution in [2.24, 2.45) is 5.92 Å². The van der Waals surface area contributed by atoms with Gasteiger partial charge < -0.3 is 15.5 Å². The zero-order valence-electron chi connectivity index (χ0n) is 18.4. The molecule has 0 unspecified atom stereocenters. The van der Waals surface area contributed by atoms with Crippen LogP contribution in [-0.2, 0) is 0 Å². The van der Waals surface area contributed by atoms with Gasteiger partial charge in [0.15, 0.2) is 0 Å². The standard InChI is InChI=1S/C21H33ClN4O/c1-16-4-3-5-19(20(16)22)26-14-12-25(13-15-26)11-10-17-6-8-18(9-7-17)24-21(27)23-2/h3-5,17-18H,6-15H2,1-2H3,(H2,23,24,27)/i10D2. The van der Waals surface area contributed by atoms with Gasteiger partial charge in [0, 0.05) is 42.0 Å². The molecular formula is C21H33ClN4O. The minimum absolute atomic E-state index is 0.0504. The normalized spacial score (nSPS) is 25.5. The van der Waals surface area contributed by atoms with E-state index >= 15 is 0 Å². The van der Waals surface area contributed by atoms with Crippen LogP contribution in [0.5, 0.6) is 0 Å². The molecule has 3 rings (SSSR count). The minimum atomic E-state index is -1.21. The first-order valence-corrected chi connectivity index (χ1v) is 10.4. The fraction of sp³-hybridized carbons (Fsp3) is 0.667. The highest BCUT2D eigenvalue weighted by Crippen LogP contribution is 2.30. The van der Waals surface area contributed by atoms with Crippen LogP contribution in [0.15, 0.2) is 18.2 Å². The van der Waals surface area contributed by atoms with Crippen LogP contribution in [0.4, 0.5) is 10.5 Å². The predicted molar refractivity (Wildman–Crippen MR) is 113 cm³/mol. The van der Waals surface area contributed by atoms with Crippen LogP contribution in [-0.4, -0.2) is 56.7 Å². The number of hydrogen-bond acceptors (Lipinski definition) is 3. The number of nitrogens with one attached hydrogen (secondary N) is 2. The van der Waals surface area contributed by atoms with Gasteiger partial charge in [-0.3, -0.25) is 4.90 Å². The van der Waals surface area contributed by atoms with Crippen molar-refractivity contribution < 1.29 is 7.54 Å². The highest BCUT2D eigenvalue weighted by Gasteiger charge is 2.24. The third-order valence-electron chi connectivity index (χ3n) is 5.78. The molecule has 27 heavy (non-hydrogen) atoms. The van der Waals surface area contributed by atoms with E-state index in [-0.39, 0.29) is 18.0 Å². The van der Waals surface area contributed by atoms with Crippen LogP contribution < -0.4 is 15.5 Å². The molecule has 1 saturated heterocycles. The van der Waals surface area contributed by atoms with E-state index in [4.69, 9.17) is 14.3 Å². The fourth-order valence-electron chi connectivity index (χ4n) is 3.98. The van der Waals surface area contributed by atoms with Gasteiger partial charge in [0.1, 0.15) is 0 Å². The summed E-state index contributed by atoms with van der Waals surface area (Å²) in [6.07, 6.45) is 2.12. The Hall–Kier alpha value is -1.46. The van der Waals surface area contributed by atoms with E-state index in [1.807, 2.05) is 19.1 Å². The molecule has 2 fully saturated rings. The third kappa shape index (κ3) is 5.52. The molecule has 6 heteroatoms. The number of hydrogen-bond donors (Lipinski definition) is 2. The second-order valence-electron chi connectivity index (χ2n) is 7.65. The van der Waals surface area contributed by atoms with Crippen molar-refractivity contribution in [1.82, 2.24) is 15.5 Å². The Balaban J connectivity index is 1.48. The lowest BCUT2D eigenvalue weighted by Gasteiger charge is -2.37. The zero-order valence-corrected chi connectivity index (χ0v) is 17.2. The average Bonchev–Trinajstić information content (AvgIpc) is 2.71. The first kappa shape index (κ1) is 17.6. The Kier molecular flexibility index (Phi) is 6.30. The smallest absolute Gasteiger partial charge is 0.314 e. The molecule has 2 amide bonds. The molecule has 1 aromatic carbocycles. The van der Waals surface area contributed by atoms with Crippen molar-refractivity contribution in [3.05, 3.63) is 28.8 Å². The van der Waals surface area contributed by atoms with Gasteiger partial charge in [-0.15, -0.1) is 0 Å². The summed E-state index contributed by atoms with van der Waals surface area (Å²) in [6, 6.07) is 6.13. The Morgan fingerprint density at radius 2 is 1.93 bits per heavy atom. The number of nitrogens with zero attached hydrogens (tertiary/aromatic N) is 2. The molecule has 150 valence electrons. The summed E-state index contributed by atoms with van der Waals surface area (Å²) >= 11 is 6.48. The molecule has 0 atom stereocenters. The number of piperazine rings is 1. The summed E-state index contributed by atoms with van der Waals surface area (Å²) in [7, 11) is 1.62. The molecule has 1 heterocycles. The molecule has 2 aliphatic rings. The van der Waals surface area contributed by atoms with E-state index in [9.17, 15) is 4.79 Å². The number of benzene rings is 1. The summed E-state index contributed by atoms with van der Waals surface area (Å²) in [6.45, 7) is 5.91. The molecule has 5 nitrogen and oxygen atoms in total. The highest BCUT2D eigenvalue weighted by molar-refractivity contribution is 6.34. The van der Waals surface area contributed by atoms with Gasteiger partial charge in [-0.1, -0.05) is 23.7 Å². The molecule has 2 N–H and O–H groups in total. The van der Waals surface area contributed by atoms with E-state index in [1.54, 1.807) is 7.05 Å². The van der Waals surface area contributed by atoms with E-state index in [2.05, 4.69) is 26.5 Å². The maximum atomic E-state index is 11.5. The number of urea groups is 1. The second kappa shape index (κ2) is 9.65. The van der Waals surface area contributed by atoms with Gasteiger partial charge in [-0.25, -0.2) is 4.79 Å². The van der Waals surface area contributed by atoms with Gasteiger partial charge in [0.05, 0.1) is 10.7 Å². The summed E-state index contributed by atoms with van der Waals surface area (Å²) in [5.74, 6) is 0.0504. The summed E-state index contributed by atoms with van der Waals surface area (Å²) in [4.78, 5) is 16.0. The molecule has 1 aliphatic carbocycles. The molecular weight excluding hydrogens is 360 g/mol. The van der Waals surface area contributed by atoms with Crippen LogP contribution in [0.3, 0.4) is 0 Å². The van der Waals surface area contributed by atoms with Crippen LogP contribution in [0.2, 0.25) is 5.02 Å². The number of amides is 2. The van der Waals surface area contributed by atoms with Gasteiger partial charge in [-0.05, 0) is 63.1 Å². The average molecular weight is 395 g/mol. The van der Waals surface area contributed by atoms with Crippen molar-refractivity contribution in [3.8, 4) is 0 Å². The Labute approximate surface area is 171 Å². The lowest BCUT2D eigenvalue weighted by molar-refractivity contribution is 0.206. The fourth-order valence-corrected chi connectivity index (χ4v) is 4.23. The SMILES string of the molecule is [2H]C([2H])(CN1CCN(c2cccc(C)c2Cl)CC1)C1CCC(NC(=O)NC)CC1. The third-order valence-corrected chi connectivity index (χ3v) is 6.27. The second-order valence-corrected chi connectivity index (χ2v) is 8.03. The summed E-state index contributed by atoms with van der Waals surface area (Å²) in [5, 5.41) is 6.36. The van der Waals surface area contributed by atoms with E-state index in [0.717, 1.165) is 68.1 Å². The summed E-state index contributed by atoms with van der Waals surface area (Å²) in [5.41, 5.74) is 2.17. The van der Waals surface area contributed by atoms with E-state index in [0.29, 0.717) is 6.54 Å². The molecule has 1 saturated carbocycles. The summed E-state index contributed by atoms with van der Waals surface area (Å²) < 4.78 is 17.3. The largest absolute Gasteiger partial charge is 0.368 e. The van der Waals surface area contributed by atoms with Gasteiger partial charge in [0.2, 0.25) is 0 Å². The number of carbonyl (C=O) groups is 1. The van der Waals surface area contributed by atoms with E-state index < -0.39 is 6.37 Å². The lowest BCUT2D eigenvalue weighted by Crippen LogP contribution is -2.47. The maximum absolute atomic E-state index is 11.5. The lowest BCUT2D eigenvalue weighted by atomic mass is 9.84. The first-order chi connectivity index (χ1) is 13.8. The molecule has 1 aromatic rings. The zero-order chi connectivity index (χ0) is 21.0. The van der Waals surface area contributed by atoms with E-state index in [1.165, 1.54) is 0 Å². The topological polar surface area (TPSA) is 47.6 Å².